The van der Waals surface area contributed by atoms with Crippen LogP contribution in [-0.4, -0.2) is 15.2 Å². The quantitative estimate of drug-likeness (QED) is 0.883. The molecule has 0 aliphatic rings. The highest BCUT2D eigenvalue weighted by molar-refractivity contribution is 9.10. The first-order valence-corrected chi connectivity index (χ1v) is 6.66. The number of hydrogen-bond donors (Lipinski definition) is 1. The minimum absolute atomic E-state index is 0.509. The molecule has 0 aliphatic heterocycles. The van der Waals surface area contributed by atoms with Crippen molar-refractivity contribution in [2.45, 2.75) is 10.8 Å². The SMILES string of the molecule is Nc1nnc(CSc2ccc(Br)cn2)s1. The van der Waals surface area contributed by atoms with Gasteiger partial charge in [-0.1, -0.05) is 23.1 Å². The van der Waals surface area contributed by atoms with Crippen LogP contribution in [0, 0.1) is 0 Å². The van der Waals surface area contributed by atoms with Gasteiger partial charge in [0.1, 0.15) is 5.01 Å². The Morgan fingerprint density at radius 2 is 2.27 bits per heavy atom. The molecular weight excluding hydrogens is 296 g/mol. The van der Waals surface area contributed by atoms with E-state index >= 15 is 0 Å². The van der Waals surface area contributed by atoms with E-state index in [2.05, 4.69) is 31.1 Å². The third kappa shape index (κ3) is 3.15. The second kappa shape index (κ2) is 4.91. The molecule has 0 bridgehead atoms. The number of hydrogen-bond acceptors (Lipinski definition) is 6. The Balaban J connectivity index is 1.96. The van der Waals surface area contributed by atoms with Crippen molar-refractivity contribution in [1.29, 1.82) is 0 Å². The van der Waals surface area contributed by atoms with Gasteiger partial charge in [0.15, 0.2) is 0 Å². The van der Waals surface area contributed by atoms with Crippen molar-refractivity contribution in [2.24, 2.45) is 0 Å². The van der Waals surface area contributed by atoms with Crippen LogP contribution in [0.1, 0.15) is 5.01 Å². The maximum atomic E-state index is 5.48. The highest BCUT2D eigenvalue weighted by Crippen LogP contribution is 2.24. The number of halogens is 1. The molecule has 78 valence electrons. The van der Waals surface area contributed by atoms with E-state index in [9.17, 15) is 0 Å². The van der Waals surface area contributed by atoms with Crippen LogP contribution in [0.3, 0.4) is 0 Å². The summed E-state index contributed by atoms with van der Waals surface area (Å²) in [6.45, 7) is 0. The van der Waals surface area contributed by atoms with Crippen molar-refractivity contribution in [3.8, 4) is 0 Å². The summed E-state index contributed by atoms with van der Waals surface area (Å²) in [5, 5.41) is 10.1. The molecule has 2 aromatic heterocycles. The first-order chi connectivity index (χ1) is 7.24. The van der Waals surface area contributed by atoms with Crippen molar-refractivity contribution in [1.82, 2.24) is 15.2 Å². The minimum Gasteiger partial charge on any atom is -0.374 e. The van der Waals surface area contributed by atoms with Crippen LogP contribution in [-0.2, 0) is 5.75 Å². The lowest BCUT2D eigenvalue weighted by molar-refractivity contribution is 1.04. The van der Waals surface area contributed by atoms with E-state index in [1.54, 1.807) is 18.0 Å². The lowest BCUT2D eigenvalue weighted by Crippen LogP contribution is -1.82. The molecule has 0 aliphatic carbocycles. The molecule has 0 unspecified atom stereocenters. The van der Waals surface area contributed by atoms with E-state index in [0.717, 1.165) is 20.3 Å². The summed E-state index contributed by atoms with van der Waals surface area (Å²) < 4.78 is 0.979. The first-order valence-electron chi connectivity index (χ1n) is 4.06. The number of anilines is 1. The van der Waals surface area contributed by atoms with E-state index in [4.69, 9.17) is 5.73 Å². The Morgan fingerprint density at radius 1 is 1.40 bits per heavy atom. The van der Waals surface area contributed by atoms with Crippen LogP contribution in [0.4, 0.5) is 5.13 Å². The zero-order valence-corrected chi connectivity index (χ0v) is 10.8. The zero-order valence-electron chi connectivity index (χ0n) is 7.55. The molecule has 0 saturated heterocycles. The molecule has 0 radical (unpaired) electrons. The predicted molar refractivity (Wildman–Crippen MR) is 65.8 cm³/mol. The van der Waals surface area contributed by atoms with Crippen molar-refractivity contribution >= 4 is 44.2 Å². The van der Waals surface area contributed by atoms with E-state index in [-0.39, 0.29) is 0 Å². The number of pyridine rings is 1. The fourth-order valence-electron chi connectivity index (χ4n) is 0.908. The van der Waals surface area contributed by atoms with Crippen LogP contribution in [0.25, 0.3) is 0 Å². The van der Waals surface area contributed by atoms with Gasteiger partial charge in [-0.2, -0.15) is 0 Å². The molecule has 2 aromatic rings. The Bertz CT molecular complexity index is 442. The van der Waals surface area contributed by atoms with E-state index in [1.807, 2.05) is 12.1 Å². The van der Waals surface area contributed by atoms with Crippen LogP contribution < -0.4 is 5.73 Å². The lowest BCUT2D eigenvalue weighted by atomic mass is 10.5. The molecule has 2 N–H and O–H groups in total. The number of nitrogen functional groups attached to an aromatic ring is 1. The summed E-state index contributed by atoms with van der Waals surface area (Å²) in [4.78, 5) is 4.24. The lowest BCUT2D eigenvalue weighted by Gasteiger charge is -1.97. The number of rotatable bonds is 3. The van der Waals surface area contributed by atoms with Gasteiger partial charge in [-0.3, -0.25) is 0 Å². The Hall–Kier alpha value is -0.660. The van der Waals surface area contributed by atoms with Crippen LogP contribution in [0.5, 0.6) is 0 Å². The van der Waals surface area contributed by atoms with E-state index in [1.165, 1.54) is 11.3 Å². The predicted octanol–water partition coefficient (Wildman–Crippen LogP) is 2.57. The molecule has 2 rings (SSSR count). The number of thioether (sulfide) groups is 1. The van der Waals surface area contributed by atoms with E-state index < -0.39 is 0 Å². The molecule has 4 nitrogen and oxygen atoms in total. The van der Waals surface area contributed by atoms with Gasteiger partial charge >= 0.3 is 0 Å². The van der Waals surface area contributed by atoms with Gasteiger partial charge in [-0.05, 0) is 28.1 Å². The minimum atomic E-state index is 0.509. The molecule has 0 amide bonds. The smallest absolute Gasteiger partial charge is 0.203 e. The van der Waals surface area contributed by atoms with Gasteiger partial charge in [0.25, 0.3) is 0 Å². The second-order valence-corrected chi connectivity index (χ2v) is 5.64. The Kier molecular flexibility index (Phi) is 3.55. The van der Waals surface area contributed by atoms with Crippen LogP contribution in [0.15, 0.2) is 27.8 Å². The first kappa shape index (κ1) is 10.8. The Morgan fingerprint density at radius 3 is 2.87 bits per heavy atom. The Labute approximate surface area is 103 Å². The van der Waals surface area contributed by atoms with Gasteiger partial charge in [0, 0.05) is 10.7 Å². The molecule has 0 saturated carbocycles. The summed E-state index contributed by atoms with van der Waals surface area (Å²) in [5.74, 6) is 0.753. The highest BCUT2D eigenvalue weighted by Gasteiger charge is 2.02. The fourth-order valence-corrected chi connectivity index (χ4v) is 2.58. The molecule has 2 heterocycles. The zero-order chi connectivity index (χ0) is 10.7. The highest BCUT2D eigenvalue weighted by atomic mass is 79.9. The summed E-state index contributed by atoms with van der Waals surface area (Å²) in [6, 6.07) is 3.92. The van der Waals surface area contributed by atoms with Gasteiger partial charge < -0.3 is 5.73 Å². The molecule has 0 fully saturated rings. The normalized spacial score (nSPS) is 10.5. The monoisotopic (exact) mass is 302 g/mol. The van der Waals surface area contributed by atoms with Gasteiger partial charge in [-0.15, -0.1) is 10.2 Å². The largest absolute Gasteiger partial charge is 0.374 e. The molecular formula is C8H7BrN4S2. The maximum absolute atomic E-state index is 5.48. The van der Waals surface area contributed by atoms with Crippen molar-refractivity contribution < 1.29 is 0 Å². The number of nitrogens with two attached hydrogens (primary N) is 1. The van der Waals surface area contributed by atoms with Gasteiger partial charge in [-0.25, -0.2) is 4.98 Å². The fraction of sp³-hybridized carbons (Fsp3) is 0.125. The van der Waals surface area contributed by atoms with Crippen LogP contribution >= 0.6 is 39.0 Å². The third-order valence-electron chi connectivity index (χ3n) is 1.53. The van der Waals surface area contributed by atoms with Crippen molar-refractivity contribution in [3.63, 3.8) is 0 Å². The third-order valence-corrected chi connectivity index (χ3v) is 3.89. The summed E-state index contributed by atoms with van der Waals surface area (Å²) >= 11 is 6.36. The summed E-state index contributed by atoms with van der Waals surface area (Å²) in [6.07, 6.45) is 1.77. The standard InChI is InChI=1S/C8H7BrN4S2/c9-5-1-2-6(11-3-5)14-4-7-12-13-8(10)15-7/h1-3H,4H2,(H2,10,13). The maximum Gasteiger partial charge on any atom is 0.203 e. The van der Waals surface area contributed by atoms with E-state index in [0.29, 0.717) is 5.13 Å². The summed E-state index contributed by atoms with van der Waals surface area (Å²) in [5.41, 5.74) is 5.48. The number of nitrogens with zero attached hydrogens (tertiary/aromatic N) is 3. The number of aromatic nitrogens is 3. The van der Waals surface area contributed by atoms with Crippen molar-refractivity contribution in [3.05, 3.63) is 27.8 Å². The molecule has 0 aromatic carbocycles. The molecule has 0 atom stereocenters. The van der Waals surface area contributed by atoms with Crippen molar-refractivity contribution in [2.75, 3.05) is 5.73 Å². The van der Waals surface area contributed by atoms with Gasteiger partial charge in [0.05, 0.1) is 10.8 Å². The molecule has 15 heavy (non-hydrogen) atoms. The molecule has 7 heteroatoms. The average Bonchev–Trinajstić information content (AvgIpc) is 2.64. The van der Waals surface area contributed by atoms with Gasteiger partial charge in [0.2, 0.25) is 5.13 Å². The average molecular weight is 303 g/mol. The summed E-state index contributed by atoms with van der Waals surface area (Å²) in [7, 11) is 0. The second-order valence-electron chi connectivity index (χ2n) is 2.64. The molecule has 0 spiro atoms. The van der Waals surface area contributed by atoms with Crippen LogP contribution in [0.2, 0.25) is 0 Å². The topological polar surface area (TPSA) is 64.7 Å².